The molecular formula is C12H19ClN4. The standard InChI is InChI=1S/C12H19ClN4/c1-2-17(11-5-3-10(14)4-6-11)12-15-7-9(13)8-16-12/h7-8,10-11H,2-6,14H2,1H3. The van der Waals surface area contributed by atoms with E-state index in [9.17, 15) is 0 Å². The molecule has 0 bridgehead atoms. The zero-order valence-electron chi connectivity index (χ0n) is 10.1. The maximum absolute atomic E-state index is 5.93. The van der Waals surface area contributed by atoms with Crippen LogP contribution in [0.4, 0.5) is 5.95 Å². The average Bonchev–Trinajstić information content (AvgIpc) is 2.35. The molecule has 0 unspecified atom stereocenters. The number of hydrogen-bond donors (Lipinski definition) is 1. The number of aromatic nitrogens is 2. The molecule has 1 aromatic heterocycles. The molecule has 5 heteroatoms. The zero-order valence-corrected chi connectivity index (χ0v) is 10.9. The highest BCUT2D eigenvalue weighted by molar-refractivity contribution is 6.30. The molecule has 4 nitrogen and oxygen atoms in total. The first-order valence-electron chi connectivity index (χ1n) is 6.20. The monoisotopic (exact) mass is 254 g/mol. The van der Waals surface area contributed by atoms with Crippen LogP contribution >= 0.6 is 11.6 Å². The molecule has 1 heterocycles. The van der Waals surface area contributed by atoms with Crippen LogP contribution in [0.3, 0.4) is 0 Å². The first kappa shape index (κ1) is 12.6. The summed E-state index contributed by atoms with van der Waals surface area (Å²) in [5, 5.41) is 0.579. The van der Waals surface area contributed by atoms with E-state index in [4.69, 9.17) is 17.3 Å². The molecule has 0 atom stereocenters. The Hall–Kier alpha value is -0.870. The molecule has 1 saturated carbocycles. The molecule has 0 saturated heterocycles. The fourth-order valence-electron chi connectivity index (χ4n) is 2.43. The zero-order chi connectivity index (χ0) is 12.3. The van der Waals surface area contributed by atoms with Gasteiger partial charge >= 0.3 is 0 Å². The van der Waals surface area contributed by atoms with Gasteiger partial charge in [-0.25, -0.2) is 9.97 Å². The van der Waals surface area contributed by atoms with Crippen LogP contribution in [0.1, 0.15) is 32.6 Å². The van der Waals surface area contributed by atoms with E-state index in [-0.39, 0.29) is 0 Å². The first-order chi connectivity index (χ1) is 8.20. The van der Waals surface area contributed by atoms with Gasteiger partial charge in [-0.05, 0) is 32.6 Å². The SMILES string of the molecule is CCN(c1ncc(Cl)cn1)C1CCC(N)CC1. The molecule has 1 aliphatic carbocycles. The van der Waals surface area contributed by atoms with Gasteiger partial charge in [0.1, 0.15) is 0 Å². The molecule has 94 valence electrons. The fraction of sp³-hybridized carbons (Fsp3) is 0.667. The second kappa shape index (κ2) is 5.65. The van der Waals surface area contributed by atoms with Crippen LogP contribution in [-0.4, -0.2) is 28.6 Å². The minimum Gasteiger partial charge on any atom is -0.338 e. The molecule has 0 amide bonds. The fourth-order valence-corrected chi connectivity index (χ4v) is 2.53. The molecule has 0 aromatic carbocycles. The first-order valence-corrected chi connectivity index (χ1v) is 6.58. The number of nitrogens with two attached hydrogens (primary N) is 1. The van der Waals surface area contributed by atoms with Crippen LogP contribution < -0.4 is 10.6 Å². The van der Waals surface area contributed by atoms with E-state index in [2.05, 4.69) is 21.8 Å². The molecular weight excluding hydrogens is 236 g/mol. The number of rotatable bonds is 3. The topological polar surface area (TPSA) is 55.0 Å². The average molecular weight is 255 g/mol. The van der Waals surface area contributed by atoms with E-state index in [1.807, 2.05) is 0 Å². The van der Waals surface area contributed by atoms with Crippen molar-refractivity contribution < 1.29 is 0 Å². The maximum atomic E-state index is 5.93. The molecule has 17 heavy (non-hydrogen) atoms. The van der Waals surface area contributed by atoms with Gasteiger partial charge in [0, 0.05) is 18.6 Å². The Morgan fingerprint density at radius 3 is 2.41 bits per heavy atom. The van der Waals surface area contributed by atoms with E-state index in [0.717, 1.165) is 38.2 Å². The number of anilines is 1. The quantitative estimate of drug-likeness (QED) is 0.899. The van der Waals surface area contributed by atoms with E-state index < -0.39 is 0 Å². The summed E-state index contributed by atoms with van der Waals surface area (Å²) >= 11 is 5.80. The van der Waals surface area contributed by atoms with Gasteiger partial charge in [0.2, 0.25) is 5.95 Å². The third-order valence-corrected chi connectivity index (χ3v) is 3.58. The lowest BCUT2D eigenvalue weighted by molar-refractivity contribution is 0.375. The normalized spacial score (nSPS) is 24.6. The van der Waals surface area contributed by atoms with Crippen molar-refractivity contribution >= 4 is 17.5 Å². The van der Waals surface area contributed by atoms with Gasteiger partial charge in [0.25, 0.3) is 0 Å². The molecule has 1 fully saturated rings. The Balaban J connectivity index is 2.08. The third-order valence-electron chi connectivity index (χ3n) is 3.39. The highest BCUT2D eigenvalue weighted by atomic mass is 35.5. The highest BCUT2D eigenvalue weighted by Crippen LogP contribution is 2.24. The second-order valence-corrected chi connectivity index (χ2v) is 4.99. The summed E-state index contributed by atoms with van der Waals surface area (Å²) in [4.78, 5) is 10.8. The maximum Gasteiger partial charge on any atom is 0.225 e. The Morgan fingerprint density at radius 2 is 1.88 bits per heavy atom. The molecule has 0 aliphatic heterocycles. The summed E-state index contributed by atoms with van der Waals surface area (Å²) in [5.41, 5.74) is 5.93. The van der Waals surface area contributed by atoms with Crippen LogP contribution in [0.5, 0.6) is 0 Å². The van der Waals surface area contributed by atoms with Crippen molar-refractivity contribution in [1.29, 1.82) is 0 Å². The summed E-state index contributed by atoms with van der Waals surface area (Å²) in [5.74, 6) is 0.775. The van der Waals surface area contributed by atoms with Crippen molar-refractivity contribution in [2.75, 3.05) is 11.4 Å². The Labute approximate surface area is 107 Å². The van der Waals surface area contributed by atoms with Gasteiger partial charge in [-0.15, -0.1) is 0 Å². The van der Waals surface area contributed by atoms with Crippen LogP contribution in [-0.2, 0) is 0 Å². The lowest BCUT2D eigenvalue weighted by Gasteiger charge is -2.35. The van der Waals surface area contributed by atoms with Crippen molar-refractivity contribution in [3.8, 4) is 0 Å². The molecule has 0 spiro atoms. The smallest absolute Gasteiger partial charge is 0.225 e. The highest BCUT2D eigenvalue weighted by Gasteiger charge is 2.24. The van der Waals surface area contributed by atoms with E-state index in [1.54, 1.807) is 12.4 Å². The summed E-state index contributed by atoms with van der Waals surface area (Å²) in [6.45, 7) is 3.05. The predicted octanol–water partition coefficient (Wildman–Crippen LogP) is 2.23. The molecule has 0 radical (unpaired) electrons. The lowest BCUT2D eigenvalue weighted by Crippen LogP contribution is -2.41. The molecule has 2 N–H and O–H groups in total. The van der Waals surface area contributed by atoms with Crippen molar-refractivity contribution in [1.82, 2.24) is 9.97 Å². The molecule has 1 aromatic rings. The van der Waals surface area contributed by atoms with E-state index in [1.165, 1.54) is 0 Å². The molecule has 2 rings (SSSR count). The van der Waals surface area contributed by atoms with Crippen LogP contribution in [0, 0.1) is 0 Å². The summed E-state index contributed by atoms with van der Waals surface area (Å²) in [6, 6.07) is 0.886. The summed E-state index contributed by atoms with van der Waals surface area (Å²) in [6.07, 6.45) is 7.74. The Morgan fingerprint density at radius 1 is 1.29 bits per heavy atom. The summed E-state index contributed by atoms with van der Waals surface area (Å²) < 4.78 is 0. The van der Waals surface area contributed by atoms with Crippen molar-refractivity contribution in [2.45, 2.75) is 44.7 Å². The second-order valence-electron chi connectivity index (χ2n) is 4.56. The van der Waals surface area contributed by atoms with Gasteiger partial charge < -0.3 is 10.6 Å². The van der Waals surface area contributed by atoms with E-state index >= 15 is 0 Å². The number of halogens is 1. The van der Waals surface area contributed by atoms with Crippen molar-refractivity contribution in [3.63, 3.8) is 0 Å². The van der Waals surface area contributed by atoms with Crippen LogP contribution in [0.25, 0.3) is 0 Å². The van der Waals surface area contributed by atoms with Gasteiger partial charge in [-0.3, -0.25) is 0 Å². The number of hydrogen-bond acceptors (Lipinski definition) is 4. The third kappa shape index (κ3) is 3.07. The van der Waals surface area contributed by atoms with Gasteiger partial charge in [-0.1, -0.05) is 11.6 Å². The van der Waals surface area contributed by atoms with Gasteiger partial charge in [0.15, 0.2) is 0 Å². The predicted molar refractivity (Wildman–Crippen MR) is 70.3 cm³/mol. The summed E-state index contributed by atoms with van der Waals surface area (Å²) in [7, 11) is 0. The Kier molecular flexibility index (Phi) is 4.18. The number of nitrogens with zero attached hydrogens (tertiary/aromatic N) is 3. The van der Waals surface area contributed by atoms with Crippen LogP contribution in [0.2, 0.25) is 5.02 Å². The lowest BCUT2D eigenvalue weighted by atomic mass is 9.91. The van der Waals surface area contributed by atoms with Crippen LogP contribution in [0.15, 0.2) is 12.4 Å². The largest absolute Gasteiger partial charge is 0.338 e. The minimum absolute atomic E-state index is 0.371. The Bertz CT molecular complexity index is 346. The van der Waals surface area contributed by atoms with E-state index in [0.29, 0.717) is 17.1 Å². The van der Waals surface area contributed by atoms with Crippen molar-refractivity contribution in [3.05, 3.63) is 17.4 Å². The van der Waals surface area contributed by atoms with Gasteiger partial charge in [-0.2, -0.15) is 0 Å². The molecule has 1 aliphatic rings. The minimum atomic E-state index is 0.371. The van der Waals surface area contributed by atoms with Gasteiger partial charge in [0.05, 0.1) is 17.4 Å². The van der Waals surface area contributed by atoms with Crippen molar-refractivity contribution in [2.24, 2.45) is 5.73 Å².